The molecule has 3 N–H and O–H groups in total. The molecule has 1 unspecified atom stereocenters. The number of rotatable bonds is 5. The van der Waals surface area contributed by atoms with E-state index < -0.39 is 31.1 Å². The Hall–Kier alpha value is -2.18. The van der Waals surface area contributed by atoms with E-state index in [1.165, 1.54) is 6.07 Å². The molecule has 0 spiro atoms. The lowest BCUT2D eigenvalue weighted by Crippen LogP contribution is -2.45. The first-order chi connectivity index (χ1) is 13.0. The summed E-state index contributed by atoms with van der Waals surface area (Å²) in [6, 6.07) is 10.9. The van der Waals surface area contributed by atoms with Crippen molar-refractivity contribution in [3.8, 4) is 0 Å². The normalized spacial score (nSPS) is 16.7. The monoisotopic (exact) mass is 445 g/mol. The third kappa shape index (κ3) is 4.28. The summed E-state index contributed by atoms with van der Waals surface area (Å²) in [5.74, 6) is -0.608. The van der Waals surface area contributed by atoms with E-state index in [4.69, 9.17) is 16.2 Å². The number of carbonyl (C=O) groups excluding carboxylic acids is 1. The predicted octanol–water partition coefficient (Wildman–Crippen LogP) is 1.52. The fourth-order valence-electron chi connectivity index (χ4n) is 2.94. The van der Waals surface area contributed by atoms with Crippen molar-refractivity contribution in [1.29, 1.82) is 0 Å². The summed E-state index contributed by atoms with van der Waals surface area (Å²) >= 11 is 5.84. The number of carbonyl (C=O) groups is 1. The summed E-state index contributed by atoms with van der Waals surface area (Å²) in [6.07, 6.45) is 0.731. The van der Waals surface area contributed by atoms with Crippen LogP contribution in [0.3, 0.4) is 0 Å². The van der Waals surface area contributed by atoms with Crippen LogP contribution in [0.4, 0.5) is 5.69 Å². The molecule has 2 aromatic carbocycles. The van der Waals surface area contributed by atoms with Crippen LogP contribution in [0, 0.1) is 0 Å². The maximum absolute atomic E-state index is 12.7. The number of fused-ring (bicyclic) bond motifs is 1. The molecule has 1 aliphatic rings. The number of anilines is 1. The van der Waals surface area contributed by atoms with Gasteiger partial charge in [0, 0.05) is 5.56 Å². The van der Waals surface area contributed by atoms with Crippen LogP contribution in [0.5, 0.6) is 0 Å². The second-order valence-corrected chi connectivity index (χ2v) is 9.67. The van der Waals surface area contributed by atoms with E-state index in [2.05, 4.69) is 5.43 Å². The zero-order chi connectivity index (χ0) is 20.7. The number of benzene rings is 2. The van der Waals surface area contributed by atoms with Gasteiger partial charge in [-0.3, -0.25) is 19.8 Å². The van der Waals surface area contributed by atoms with Crippen molar-refractivity contribution in [2.75, 3.05) is 5.01 Å². The van der Waals surface area contributed by atoms with E-state index in [0.717, 1.165) is 33.9 Å². The number of hydrazine groups is 1. The summed E-state index contributed by atoms with van der Waals surface area (Å²) in [5, 5.41) is 1.37. The van der Waals surface area contributed by atoms with Gasteiger partial charge in [0.2, 0.25) is 0 Å². The molecule has 1 atom stereocenters. The van der Waals surface area contributed by atoms with Crippen LogP contribution in [-0.2, 0) is 26.7 Å². The van der Waals surface area contributed by atoms with Crippen LogP contribution in [0.25, 0.3) is 0 Å². The Balaban J connectivity index is 1.90. The van der Waals surface area contributed by atoms with Gasteiger partial charge in [-0.2, -0.15) is 8.42 Å². The number of nitrogens with one attached hydrogen (secondary N) is 2. The standard InChI is InChI=1S/C16H16ClN3O6S2/c1-10-8-11-4-2-3-5-14(11)20(10)18-16(21)12-6-7-13(17)15(9-12)27(22,23)19-28(24,25)26/h2-7,9-10,19H,8H2,1H3,(H,18,21)(H,24,25,26). The highest BCUT2D eigenvalue weighted by Crippen LogP contribution is 2.30. The topological polar surface area (TPSA) is 133 Å². The predicted molar refractivity (Wildman–Crippen MR) is 103 cm³/mol. The first kappa shape index (κ1) is 20.6. The minimum absolute atomic E-state index is 0.0157. The molecule has 28 heavy (non-hydrogen) atoms. The van der Waals surface area contributed by atoms with Gasteiger partial charge in [0.15, 0.2) is 0 Å². The van der Waals surface area contributed by atoms with Crippen LogP contribution in [0.1, 0.15) is 22.8 Å². The number of amides is 1. The van der Waals surface area contributed by atoms with Crippen molar-refractivity contribution >= 4 is 43.5 Å². The van der Waals surface area contributed by atoms with Gasteiger partial charge in [0.25, 0.3) is 15.9 Å². The molecule has 9 nitrogen and oxygen atoms in total. The van der Waals surface area contributed by atoms with Crippen molar-refractivity contribution in [2.24, 2.45) is 0 Å². The Labute approximate surface area is 167 Å². The average molecular weight is 446 g/mol. The van der Waals surface area contributed by atoms with Gasteiger partial charge >= 0.3 is 10.3 Å². The molecule has 0 aliphatic carbocycles. The van der Waals surface area contributed by atoms with Gasteiger partial charge < -0.3 is 0 Å². The summed E-state index contributed by atoms with van der Waals surface area (Å²) in [7, 11) is -9.75. The minimum Gasteiger partial charge on any atom is -0.282 e. The maximum Gasteiger partial charge on any atom is 0.346 e. The number of sulfonamides is 1. The first-order valence-electron chi connectivity index (χ1n) is 7.96. The molecule has 0 fully saturated rings. The minimum atomic E-state index is -5.04. The van der Waals surface area contributed by atoms with E-state index in [1.807, 2.05) is 31.2 Å². The number of hydrogen-bond donors (Lipinski definition) is 3. The van der Waals surface area contributed by atoms with E-state index in [-0.39, 0.29) is 16.6 Å². The summed E-state index contributed by atoms with van der Waals surface area (Å²) in [5.41, 5.74) is 4.55. The Kier molecular flexibility index (Phi) is 5.38. The Morgan fingerprint density at radius 3 is 2.54 bits per heavy atom. The number of nitrogens with zero attached hydrogens (tertiary/aromatic N) is 1. The van der Waals surface area contributed by atoms with Gasteiger partial charge in [-0.25, -0.2) is 8.42 Å². The quantitative estimate of drug-likeness (QED) is 0.594. The highest BCUT2D eigenvalue weighted by Gasteiger charge is 2.29. The molecule has 2 aromatic rings. The molecular weight excluding hydrogens is 430 g/mol. The number of para-hydroxylation sites is 1. The molecule has 12 heteroatoms. The average Bonchev–Trinajstić information content (AvgIpc) is 2.88. The lowest BCUT2D eigenvalue weighted by atomic mass is 10.1. The second-order valence-electron chi connectivity index (χ2n) is 6.20. The maximum atomic E-state index is 12.7. The van der Waals surface area contributed by atoms with Gasteiger partial charge in [0.1, 0.15) is 4.90 Å². The van der Waals surface area contributed by atoms with Gasteiger partial charge in [-0.1, -0.05) is 33.9 Å². The fourth-order valence-corrected chi connectivity index (χ4v) is 5.44. The summed E-state index contributed by atoms with van der Waals surface area (Å²) in [6.45, 7) is 1.92. The molecule has 3 rings (SSSR count). The molecule has 1 heterocycles. The van der Waals surface area contributed by atoms with Crippen LogP contribution in [-0.4, -0.2) is 33.3 Å². The Morgan fingerprint density at radius 1 is 1.18 bits per heavy atom. The SMILES string of the molecule is CC1Cc2ccccc2N1NC(=O)c1ccc(Cl)c(S(=O)(=O)NS(=O)(=O)O)c1. The molecule has 0 radical (unpaired) electrons. The van der Waals surface area contributed by atoms with Crippen molar-refractivity contribution in [1.82, 2.24) is 9.55 Å². The third-order valence-electron chi connectivity index (χ3n) is 4.13. The van der Waals surface area contributed by atoms with E-state index in [0.29, 0.717) is 0 Å². The number of hydrogen-bond acceptors (Lipinski definition) is 6. The summed E-state index contributed by atoms with van der Waals surface area (Å²) in [4.78, 5) is 12.0. The lowest BCUT2D eigenvalue weighted by molar-refractivity contribution is 0.0946. The molecule has 0 aromatic heterocycles. The van der Waals surface area contributed by atoms with E-state index in [9.17, 15) is 21.6 Å². The van der Waals surface area contributed by atoms with Crippen LogP contribution >= 0.6 is 11.6 Å². The largest absolute Gasteiger partial charge is 0.346 e. The van der Waals surface area contributed by atoms with Gasteiger partial charge in [-0.15, -0.1) is 0 Å². The van der Waals surface area contributed by atoms with E-state index >= 15 is 0 Å². The Bertz CT molecular complexity index is 1150. The molecule has 0 saturated heterocycles. The van der Waals surface area contributed by atoms with Crippen molar-refractivity contribution < 1.29 is 26.2 Å². The van der Waals surface area contributed by atoms with Crippen LogP contribution in [0.15, 0.2) is 47.4 Å². The highest BCUT2D eigenvalue weighted by atomic mass is 35.5. The summed E-state index contributed by atoms with van der Waals surface area (Å²) < 4.78 is 55.8. The smallest absolute Gasteiger partial charge is 0.282 e. The molecule has 1 amide bonds. The number of halogens is 1. The van der Waals surface area contributed by atoms with Crippen LogP contribution in [0.2, 0.25) is 5.02 Å². The zero-order valence-corrected chi connectivity index (χ0v) is 16.8. The molecular formula is C16H16ClN3O6S2. The third-order valence-corrected chi connectivity index (χ3v) is 7.21. The molecule has 0 saturated carbocycles. The van der Waals surface area contributed by atoms with Crippen molar-refractivity contribution in [3.63, 3.8) is 0 Å². The van der Waals surface area contributed by atoms with Crippen LogP contribution < -0.4 is 14.6 Å². The van der Waals surface area contributed by atoms with Gasteiger partial charge in [0.05, 0.1) is 16.8 Å². The van der Waals surface area contributed by atoms with Gasteiger partial charge in [-0.05, 0) is 43.2 Å². The zero-order valence-electron chi connectivity index (χ0n) is 14.5. The molecule has 1 aliphatic heterocycles. The molecule has 150 valence electrons. The highest BCUT2D eigenvalue weighted by molar-refractivity contribution is 8.02. The first-order valence-corrected chi connectivity index (χ1v) is 11.3. The van der Waals surface area contributed by atoms with E-state index in [1.54, 1.807) is 5.01 Å². The fraction of sp³-hybridized carbons (Fsp3) is 0.188. The van der Waals surface area contributed by atoms with Crippen molar-refractivity contribution in [2.45, 2.75) is 24.3 Å². The second kappa shape index (κ2) is 7.33. The Morgan fingerprint density at radius 2 is 1.86 bits per heavy atom. The van der Waals surface area contributed by atoms with Crippen molar-refractivity contribution in [3.05, 3.63) is 58.6 Å². The lowest BCUT2D eigenvalue weighted by Gasteiger charge is -2.25. The molecule has 0 bridgehead atoms.